The second kappa shape index (κ2) is 2.98. The van der Waals surface area contributed by atoms with Crippen LogP contribution in [0.25, 0.3) is 11.1 Å². The molecular formula is C6H5BF2O2. The van der Waals surface area contributed by atoms with E-state index < -0.39 is 19.3 Å². The molecule has 2 aliphatic rings. The predicted molar refractivity (Wildman–Crippen MR) is 36.9 cm³/mol. The van der Waals surface area contributed by atoms with E-state index in [0.29, 0.717) is 11.1 Å². The maximum atomic E-state index is 12.0. The molecule has 0 fully saturated rings. The Bertz CT molecular complexity index is 251. The second-order valence-electron chi connectivity index (χ2n) is 1.93. The highest BCUT2D eigenvalue weighted by Crippen LogP contribution is 2.38. The fourth-order valence-electron chi connectivity index (χ4n) is 0.807. The van der Waals surface area contributed by atoms with Gasteiger partial charge < -0.3 is 10.0 Å². The van der Waals surface area contributed by atoms with E-state index in [4.69, 9.17) is 10.0 Å². The van der Waals surface area contributed by atoms with Crippen LogP contribution < -0.4 is 0 Å². The quantitative estimate of drug-likeness (QED) is 0.537. The van der Waals surface area contributed by atoms with Gasteiger partial charge in [-0.15, -0.1) is 0 Å². The van der Waals surface area contributed by atoms with Crippen LogP contribution in [0.4, 0.5) is 8.78 Å². The van der Waals surface area contributed by atoms with Crippen molar-refractivity contribution in [2.45, 2.75) is 0 Å². The van der Waals surface area contributed by atoms with Crippen LogP contribution in [-0.2, 0) is 0 Å². The van der Waals surface area contributed by atoms with E-state index in [0.717, 1.165) is 0 Å². The summed E-state index contributed by atoms with van der Waals surface area (Å²) < 4.78 is 24.0. The topological polar surface area (TPSA) is 40.5 Å². The number of fused-ring (bicyclic) bond motifs is 1. The van der Waals surface area contributed by atoms with E-state index in [1.54, 1.807) is 12.1 Å². The average molecular weight is 158 g/mol. The van der Waals surface area contributed by atoms with Crippen molar-refractivity contribution in [2.24, 2.45) is 0 Å². The molecule has 58 valence electrons. The van der Waals surface area contributed by atoms with Gasteiger partial charge in [-0.2, -0.15) is 0 Å². The van der Waals surface area contributed by atoms with Crippen molar-refractivity contribution in [3.63, 3.8) is 0 Å². The third-order valence-electron chi connectivity index (χ3n) is 1.37. The van der Waals surface area contributed by atoms with Gasteiger partial charge in [-0.05, 0) is 0 Å². The lowest BCUT2D eigenvalue weighted by atomic mass is 9.92. The fraction of sp³-hybridized carbons (Fsp3) is 0. The minimum Gasteiger partial charge on any atom is -0.430 e. The zero-order valence-corrected chi connectivity index (χ0v) is 5.51. The Morgan fingerprint density at radius 2 is 1.27 bits per heavy atom. The van der Waals surface area contributed by atoms with Crippen LogP contribution in [0.5, 0.6) is 0 Å². The van der Waals surface area contributed by atoms with E-state index in [2.05, 4.69) is 0 Å². The Balaban J connectivity index is 0.000000179. The Labute approximate surface area is 62.4 Å². The standard InChI is InChI=1S/C6H2F2.BH3O2/c7-5-3-1-2-4(3)6(5)8;2-1-3/h1-2H;1-3H. The first-order chi connectivity index (χ1) is 5.22. The average Bonchev–Trinajstić information content (AvgIpc) is 1.87. The van der Waals surface area contributed by atoms with E-state index in [1.165, 1.54) is 0 Å². The van der Waals surface area contributed by atoms with E-state index in [-0.39, 0.29) is 0 Å². The molecule has 11 heavy (non-hydrogen) atoms. The van der Waals surface area contributed by atoms with Gasteiger partial charge in [-0.25, -0.2) is 8.78 Å². The number of halogens is 2. The van der Waals surface area contributed by atoms with Crippen LogP contribution >= 0.6 is 0 Å². The summed E-state index contributed by atoms with van der Waals surface area (Å²) in [6, 6.07) is 3.13. The third-order valence-corrected chi connectivity index (χ3v) is 1.37. The summed E-state index contributed by atoms with van der Waals surface area (Å²) in [5.41, 5.74) is 0.894. The Morgan fingerprint density at radius 3 is 1.36 bits per heavy atom. The van der Waals surface area contributed by atoms with Crippen molar-refractivity contribution in [3.05, 3.63) is 23.8 Å². The van der Waals surface area contributed by atoms with Crippen molar-refractivity contribution in [2.75, 3.05) is 0 Å². The first kappa shape index (κ1) is 8.16. The highest BCUT2D eigenvalue weighted by Gasteiger charge is 2.25. The zero-order valence-electron chi connectivity index (χ0n) is 5.51. The van der Waals surface area contributed by atoms with Gasteiger partial charge in [0.1, 0.15) is 0 Å². The lowest BCUT2D eigenvalue weighted by Gasteiger charge is -2.16. The molecule has 0 radical (unpaired) electrons. The third kappa shape index (κ3) is 1.12. The SMILES string of the molecule is Fc1c2ccc-2c1F.OBO. The first-order valence-electron chi connectivity index (χ1n) is 2.92. The van der Waals surface area contributed by atoms with Gasteiger partial charge in [0, 0.05) is 11.1 Å². The molecule has 2 rings (SSSR count). The van der Waals surface area contributed by atoms with Gasteiger partial charge in [0.25, 0.3) is 0 Å². The summed E-state index contributed by atoms with van der Waals surface area (Å²) in [6.07, 6.45) is 0. The van der Waals surface area contributed by atoms with Crippen LogP contribution in [0.2, 0.25) is 0 Å². The van der Waals surface area contributed by atoms with Gasteiger partial charge in [0.2, 0.25) is 0 Å². The van der Waals surface area contributed by atoms with Crippen LogP contribution in [0.15, 0.2) is 12.1 Å². The number of benzene rings is 1. The van der Waals surface area contributed by atoms with Gasteiger partial charge in [-0.1, -0.05) is 12.1 Å². The molecule has 0 amide bonds. The van der Waals surface area contributed by atoms with Crippen LogP contribution in [0.3, 0.4) is 0 Å². The van der Waals surface area contributed by atoms with E-state index >= 15 is 0 Å². The molecule has 0 atom stereocenters. The van der Waals surface area contributed by atoms with Gasteiger partial charge in [0.15, 0.2) is 11.6 Å². The summed E-state index contributed by atoms with van der Waals surface area (Å²) in [6.45, 7) is 0. The molecule has 0 aromatic carbocycles. The lowest BCUT2D eigenvalue weighted by molar-refractivity contribution is 0.448. The summed E-state index contributed by atoms with van der Waals surface area (Å²) in [5, 5.41) is 14.2. The molecule has 0 unspecified atom stereocenters. The summed E-state index contributed by atoms with van der Waals surface area (Å²) in [4.78, 5) is 0. The number of rotatable bonds is 0. The Morgan fingerprint density at radius 1 is 1.00 bits per heavy atom. The van der Waals surface area contributed by atoms with Crippen molar-refractivity contribution < 1.29 is 18.8 Å². The van der Waals surface area contributed by atoms with Gasteiger partial charge in [-0.3, -0.25) is 0 Å². The second-order valence-corrected chi connectivity index (χ2v) is 1.93. The van der Waals surface area contributed by atoms with E-state index in [1.807, 2.05) is 0 Å². The predicted octanol–water partition coefficient (Wildman–Crippen LogP) is 0.183. The lowest BCUT2D eigenvalue weighted by Crippen LogP contribution is -2.03. The Hall–Kier alpha value is -0.935. The molecule has 0 bridgehead atoms. The molecular weight excluding hydrogens is 153 g/mol. The van der Waals surface area contributed by atoms with Crippen LogP contribution in [-0.4, -0.2) is 17.7 Å². The molecule has 2 aliphatic carbocycles. The van der Waals surface area contributed by atoms with E-state index in [9.17, 15) is 8.78 Å². The maximum absolute atomic E-state index is 12.0. The molecule has 0 saturated heterocycles. The molecule has 0 spiro atoms. The van der Waals surface area contributed by atoms with Crippen LogP contribution in [0, 0.1) is 11.6 Å². The molecule has 2 nitrogen and oxygen atoms in total. The minimum absolute atomic E-state index is 0.447. The largest absolute Gasteiger partial charge is 0.432 e. The maximum Gasteiger partial charge on any atom is 0.432 e. The number of hydrogen-bond donors (Lipinski definition) is 2. The molecule has 0 aliphatic heterocycles. The minimum atomic E-state index is -0.750. The highest BCUT2D eigenvalue weighted by molar-refractivity contribution is 6.13. The summed E-state index contributed by atoms with van der Waals surface area (Å²) in [7, 11) is -0.750. The van der Waals surface area contributed by atoms with Gasteiger partial charge in [0.05, 0.1) is 0 Å². The normalized spacial score (nSPS) is 9.82. The van der Waals surface area contributed by atoms with Crippen molar-refractivity contribution in [3.8, 4) is 11.1 Å². The molecule has 2 N–H and O–H groups in total. The zero-order chi connectivity index (χ0) is 8.43. The van der Waals surface area contributed by atoms with Crippen molar-refractivity contribution in [1.29, 1.82) is 0 Å². The van der Waals surface area contributed by atoms with Gasteiger partial charge >= 0.3 is 7.69 Å². The first-order valence-corrected chi connectivity index (χ1v) is 2.92. The molecule has 0 heterocycles. The molecule has 5 heteroatoms. The van der Waals surface area contributed by atoms with Crippen molar-refractivity contribution >= 4 is 7.69 Å². The summed E-state index contributed by atoms with van der Waals surface area (Å²) >= 11 is 0. The fourth-order valence-corrected chi connectivity index (χ4v) is 0.807. The summed E-state index contributed by atoms with van der Waals surface area (Å²) in [5.74, 6) is -1.36. The number of hydrogen-bond acceptors (Lipinski definition) is 2. The highest BCUT2D eigenvalue weighted by atomic mass is 19.2. The van der Waals surface area contributed by atoms with Crippen LogP contribution in [0.1, 0.15) is 0 Å². The Kier molecular flexibility index (Phi) is 2.21. The molecule has 0 aromatic rings. The van der Waals surface area contributed by atoms with Crippen molar-refractivity contribution in [1.82, 2.24) is 0 Å². The smallest absolute Gasteiger partial charge is 0.430 e. The molecule has 0 saturated carbocycles. The monoisotopic (exact) mass is 158 g/mol. The molecule has 0 aromatic heterocycles.